The van der Waals surface area contributed by atoms with E-state index < -0.39 is 0 Å². The number of ether oxygens (including phenoxy) is 1. The Hall–Kier alpha value is -2.97. The number of carbonyl (C=O) groups is 1. The molecule has 0 bridgehead atoms. The molecule has 8 nitrogen and oxygen atoms in total. The molecule has 2 heterocycles. The molecule has 1 aromatic carbocycles. The van der Waals surface area contributed by atoms with Crippen molar-refractivity contribution in [3.8, 4) is 5.88 Å². The third-order valence-electron chi connectivity index (χ3n) is 5.52. The molecule has 0 aliphatic heterocycles. The Balaban J connectivity index is 1.62. The van der Waals surface area contributed by atoms with Gasteiger partial charge in [-0.3, -0.25) is 4.79 Å². The first-order valence-electron chi connectivity index (χ1n) is 11.2. The van der Waals surface area contributed by atoms with Gasteiger partial charge in [0.1, 0.15) is 11.5 Å². The van der Waals surface area contributed by atoms with Gasteiger partial charge in [-0.05, 0) is 57.6 Å². The van der Waals surface area contributed by atoms with Crippen LogP contribution in [0.2, 0.25) is 5.02 Å². The highest BCUT2D eigenvalue weighted by molar-refractivity contribution is 6.36. The minimum absolute atomic E-state index is 0.209. The Morgan fingerprint density at radius 3 is 2.61 bits per heavy atom. The van der Waals surface area contributed by atoms with Crippen LogP contribution in [-0.2, 0) is 0 Å². The molecule has 0 saturated carbocycles. The lowest BCUT2D eigenvalue weighted by Gasteiger charge is -2.20. The van der Waals surface area contributed by atoms with Gasteiger partial charge in [-0.25, -0.2) is 15.0 Å². The fourth-order valence-electron chi connectivity index (χ4n) is 3.57. The second-order valence-corrected chi connectivity index (χ2v) is 8.21. The zero-order chi connectivity index (χ0) is 23.8. The van der Waals surface area contributed by atoms with Crippen LogP contribution in [0.15, 0.2) is 36.7 Å². The van der Waals surface area contributed by atoms with Gasteiger partial charge < -0.3 is 20.3 Å². The molecule has 0 radical (unpaired) electrons. The number of carbonyl (C=O) groups excluding carboxylic acids is 1. The molecule has 33 heavy (non-hydrogen) atoms. The number of benzene rings is 1. The molecule has 176 valence electrons. The van der Waals surface area contributed by atoms with Crippen molar-refractivity contribution in [3.05, 3.63) is 47.4 Å². The van der Waals surface area contributed by atoms with Gasteiger partial charge in [0.15, 0.2) is 0 Å². The average molecular weight is 471 g/mol. The first-order chi connectivity index (χ1) is 15.9. The van der Waals surface area contributed by atoms with Crippen molar-refractivity contribution in [2.24, 2.45) is 0 Å². The molecule has 2 aromatic heterocycles. The van der Waals surface area contributed by atoms with E-state index in [4.69, 9.17) is 16.3 Å². The number of methoxy groups -OCH3 is 1. The fraction of sp³-hybridized carbons (Fsp3) is 0.417. The highest BCUT2D eigenvalue weighted by Crippen LogP contribution is 2.30. The van der Waals surface area contributed by atoms with Crippen molar-refractivity contribution in [1.29, 1.82) is 0 Å². The van der Waals surface area contributed by atoms with Gasteiger partial charge in [0.25, 0.3) is 5.91 Å². The van der Waals surface area contributed by atoms with Crippen molar-refractivity contribution >= 4 is 39.9 Å². The van der Waals surface area contributed by atoms with E-state index in [1.807, 2.05) is 6.07 Å². The SMILES string of the molecule is CCN(CC)CCCC(C)Nc1cnc(C(=O)Nc2ccc(Cl)c3ccc(OC)nc23)cn1. The van der Waals surface area contributed by atoms with E-state index in [0.717, 1.165) is 37.9 Å². The van der Waals surface area contributed by atoms with Crippen LogP contribution in [0.4, 0.5) is 11.5 Å². The predicted octanol–water partition coefficient (Wildman–Crippen LogP) is 4.86. The minimum Gasteiger partial charge on any atom is -0.481 e. The lowest BCUT2D eigenvalue weighted by molar-refractivity contribution is 0.102. The van der Waals surface area contributed by atoms with E-state index >= 15 is 0 Å². The van der Waals surface area contributed by atoms with Gasteiger partial charge in [0.2, 0.25) is 5.88 Å². The molecule has 2 N–H and O–H groups in total. The van der Waals surface area contributed by atoms with E-state index in [-0.39, 0.29) is 17.6 Å². The maximum Gasteiger partial charge on any atom is 0.275 e. The van der Waals surface area contributed by atoms with Gasteiger partial charge in [-0.1, -0.05) is 25.4 Å². The maximum absolute atomic E-state index is 12.8. The van der Waals surface area contributed by atoms with E-state index in [1.54, 1.807) is 24.4 Å². The summed E-state index contributed by atoms with van der Waals surface area (Å²) in [5.41, 5.74) is 1.27. The fourth-order valence-corrected chi connectivity index (χ4v) is 3.79. The number of anilines is 2. The molecule has 0 spiro atoms. The second-order valence-electron chi connectivity index (χ2n) is 7.80. The van der Waals surface area contributed by atoms with E-state index in [1.165, 1.54) is 13.3 Å². The molecule has 3 rings (SSSR count). The number of nitrogens with one attached hydrogen (secondary N) is 2. The maximum atomic E-state index is 12.8. The number of rotatable bonds is 11. The highest BCUT2D eigenvalue weighted by Gasteiger charge is 2.14. The Morgan fingerprint density at radius 2 is 1.94 bits per heavy atom. The molecule has 0 fully saturated rings. The summed E-state index contributed by atoms with van der Waals surface area (Å²) < 4.78 is 5.20. The van der Waals surface area contributed by atoms with Gasteiger partial charge in [-0.15, -0.1) is 0 Å². The second kappa shape index (κ2) is 11.8. The number of aromatic nitrogens is 3. The van der Waals surface area contributed by atoms with Crippen LogP contribution < -0.4 is 15.4 Å². The Bertz CT molecular complexity index is 1070. The summed E-state index contributed by atoms with van der Waals surface area (Å²) in [6, 6.07) is 7.22. The average Bonchev–Trinajstić information content (AvgIpc) is 2.83. The molecular weight excluding hydrogens is 440 g/mol. The number of hydrogen-bond acceptors (Lipinski definition) is 7. The predicted molar refractivity (Wildman–Crippen MR) is 133 cm³/mol. The molecular formula is C24H31ClN6O2. The summed E-state index contributed by atoms with van der Waals surface area (Å²) >= 11 is 6.27. The minimum atomic E-state index is -0.380. The molecule has 1 atom stereocenters. The Labute approximate surface area is 199 Å². The number of pyridine rings is 1. The molecule has 1 unspecified atom stereocenters. The summed E-state index contributed by atoms with van der Waals surface area (Å²) in [6.07, 6.45) is 5.18. The normalized spacial score (nSPS) is 12.1. The van der Waals surface area contributed by atoms with E-state index in [0.29, 0.717) is 27.9 Å². The smallest absolute Gasteiger partial charge is 0.275 e. The number of halogens is 1. The zero-order valence-corrected chi connectivity index (χ0v) is 20.3. The lowest BCUT2D eigenvalue weighted by Crippen LogP contribution is -2.25. The van der Waals surface area contributed by atoms with Crippen LogP contribution in [0.5, 0.6) is 5.88 Å². The van der Waals surface area contributed by atoms with Gasteiger partial charge in [-0.2, -0.15) is 0 Å². The number of fused-ring (bicyclic) bond motifs is 1. The lowest BCUT2D eigenvalue weighted by atomic mass is 10.1. The third-order valence-corrected chi connectivity index (χ3v) is 5.85. The molecule has 9 heteroatoms. The quantitative estimate of drug-likeness (QED) is 0.413. The summed E-state index contributed by atoms with van der Waals surface area (Å²) in [5, 5.41) is 7.45. The third kappa shape index (κ3) is 6.52. The zero-order valence-electron chi connectivity index (χ0n) is 19.6. The van der Waals surface area contributed by atoms with E-state index in [2.05, 4.69) is 51.3 Å². The van der Waals surface area contributed by atoms with Crippen LogP contribution in [-0.4, -0.2) is 58.5 Å². The topological polar surface area (TPSA) is 92.3 Å². The summed E-state index contributed by atoms with van der Waals surface area (Å²) in [7, 11) is 1.54. The van der Waals surface area contributed by atoms with Crippen LogP contribution in [0.3, 0.4) is 0 Å². The number of nitrogens with zero attached hydrogens (tertiary/aromatic N) is 4. The standard InChI is InChI=1S/C24H31ClN6O2/c1-5-31(6-2)13-7-8-16(3)28-21-15-26-20(14-27-21)24(32)29-19-11-10-18(25)17-9-12-22(33-4)30-23(17)19/h9-12,14-16H,5-8,13H2,1-4H3,(H,27,28)(H,29,32). The summed E-state index contributed by atoms with van der Waals surface area (Å²) in [4.78, 5) is 28.2. The monoisotopic (exact) mass is 470 g/mol. The van der Waals surface area contributed by atoms with Gasteiger partial charge >= 0.3 is 0 Å². The Kier molecular flexibility index (Phi) is 8.79. The first kappa shape index (κ1) is 24.7. The van der Waals surface area contributed by atoms with Crippen molar-refractivity contribution in [3.63, 3.8) is 0 Å². The van der Waals surface area contributed by atoms with Crippen molar-refractivity contribution in [2.75, 3.05) is 37.4 Å². The number of amides is 1. The van der Waals surface area contributed by atoms with Gasteiger partial charge in [0.05, 0.1) is 35.7 Å². The first-order valence-corrected chi connectivity index (χ1v) is 11.6. The van der Waals surface area contributed by atoms with E-state index in [9.17, 15) is 4.79 Å². The highest BCUT2D eigenvalue weighted by atomic mass is 35.5. The van der Waals surface area contributed by atoms with Crippen molar-refractivity contribution in [1.82, 2.24) is 19.9 Å². The molecule has 0 aliphatic rings. The summed E-state index contributed by atoms with van der Waals surface area (Å²) in [6.45, 7) is 9.72. The Morgan fingerprint density at radius 1 is 1.15 bits per heavy atom. The van der Waals surface area contributed by atoms with Crippen molar-refractivity contribution in [2.45, 2.75) is 39.7 Å². The summed E-state index contributed by atoms with van der Waals surface area (Å²) in [5.74, 6) is 0.696. The molecule has 0 aliphatic carbocycles. The van der Waals surface area contributed by atoms with Crippen LogP contribution in [0, 0.1) is 0 Å². The molecule has 1 amide bonds. The largest absolute Gasteiger partial charge is 0.481 e. The van der Waals surface area contributed by atoms with Crippen LogP contribution in [0.1, 0.15) is 44.1 Å². The van der Waals surface area contributed by atoms with Crippen LogP contribution >= 0.6 is 11.6 Å². The molecule has 0 saturated heterocycles. The number of hydrogen-bond donors (Lipinski definition) is 2. The van der Waals surface area contributed by atoms with Crippen LogP contribution in [0.25, 0.3) is 10.9 Å². The van der Waals surface area contributed by atoms with Gasteiger partial charge in [0, 0.05) is 17.5 Å². The van der Waals surface area contributed by atoms with Crippen molar-refractivity contribution < 1.29 is 9.53 Å². The molecule has 3 aromatic rings.